The number of hydrogen-bond donors (Lipinski definition) is 2. The summed E-state index contributed by atoms with van der Waals surface area (Å²) in [4.78, 5) is 26.7. The Kier molecular flexibility index (Phi) is 6.97. The number of aromatic nitrogens is 2. The van der Waals surface area contributed by atoms with Crippen molar-refractivity contribution < 1.29 is 9.59 Å². The summed E-state index contributed by atoms with van der Waals surface area (Å²) >= 11 is 0. The predicted molar refractivity (Wildman–Crippen MR) is 114 cm³/mol. The summed E-state index contributed by atoms with van der Waals surface area (Å²) in [6.07, 6.45) is 7.37. The van der Waals surface area contributed by atoms with Gasteiger partial charge >= 0.3 is 0 Å². The molecule has 0 aliphatic carbocycles. The minimum Gasteiger partial charge on any atom is -0.331 e. The van der Waals surface area contributed by atoms with E-state index in [1.54, 1.807) is 47.4 Å². The number of carbonyl (C=O) groups is 2. The fraction of sp³-hybridized carbons (Fsp3) is 0.318. The van der Waals surface area contributed by atoms with E-state index < -0.39 is 0 Å². The average Bonchev–Trinajstić information content (AvgIpc) is 3.25. The Morgan fingerprint density at radius 2 is 1.93 bits per heavy atom. The molecule has 0 radical (unpaired) electrons. The van der Waals surface area contributed by atoms with Crippen molar-refractivity contribution in [3.8, 4) is 0 Å². The fourth-order valence-corrected chi connectivity index (χ4v) is 3.35. The van der Waals surface area contributed by atoms with Crippen LogP contribution in [0.25, 0.3) is 0 Å². The first kappa shape index (κ1) is 20.5. The molecule has 29 heavy (non-hydrogen) atoms. The van der Waals surface area contributed by atoms with E-state index in [2.05, 4.69) is 28.9 Å². The van der Waals surface area contributed by atoms with E-state index in [0.29, 0.717) is 30.0 Å². The summed E-state index contributed by atoms with van der Waals surface area (Å²) in [5, 5.41) is 10.6. The van der Waals surface area contributed by atoms with Gasteiger partial charge in [-0.1, -0.05) is 12.2 Å². The van der Waals surface area contributed by atoms with Crippen LogP contribution in [0.5, 0.6) is 0 Å². The van der Waals surface area contributed by atoms with Crippen LogP contribution in [0.2, 0.25) is 0 Å². The number of carbonyl (C=O) groups excluding carboxylic acids is 2. The van der Waals surface area contributed by atoms with Crippen LogP contribution in [-0.4, -0.2) is 52.7 Å². The molecular formula is C22H27N5O2. The summed E-state index contributed by atoms with van der Waals surface area (Å²) < 4.78 is 1.86. The van der Waals surface area contributed by atoms with Gasteiger partial charge in [0.2, 0.25) is 0 Å². The van der Waals surface area contributed by atoms with Gasteiger partial charge in [0, 0.05) is 37.1 Å². The Bertz CT molecular complexity index is 856. The SMILES string of the molecule is C=CCN(CC=C)C(=O)c1ccc(NC(=O)c2ccn(C3CCCNC3)n2)cc1. The van der Waals surface area contributed by atoms with E-state index in [0.717, 1.165) is 25.9 Å². The van der Waals surface area contributed by atoms with Crippen LogP contribution >= 0.6 is 0 Å². The van der Waals surface area contributed by atoms with Crippen molar-refractivity contribution in [1.29, 1.82) is 0 Å². The van der Waals surface area contributed by atoms with Gasteiger partial charge in [0.05, 0.1) is 6.04 Å². The third kappa shape index (κ3) is 5.20. The van der Waals surface area contributed by atoms with Crippen molar-refractivity contribution in [2.24, 2.45) is 0 Å². The minimum atomic E-state index is -0.272. The number of piperidine rings is 1. The van der Waals surface area contributed by atoms with Gasteiger partial charge < -0.3 is 15.5 Å². The van der Waals surface area contributed by atoms with E-state index in [-0.39, 0.29) is 17.9 Å². The van der Waals surface area contributed by atoms with Crippen LogP contribution in [0.4, 0.5) is 5.69 Å². The van der Waals surface area contributed by atoms with Crippen LogP contribution in [-0.2, 0) is 0 Å². The first-order chi connectivity index (χ1) is 14.1. The largest absolute Gasteiger partial charge is 0.331 e. The predicted octanol–water partition coefficient (Wildman–Crippen LogP) is 2.87. The molecule has 7 heteroatoms. The second-order valence-electron chi connectivity index (χ2n) is 7.00. The molecule has 2 N–H and O–H groups in total. The molecular weight excluding hydrogens is 366 g/mol. The Hall–Kier alpha value is -3.19. The molecule has 2 heterocycles. The highest BCUT2D eigenvalue weighted by Crippen LogP contribution is 2.17. The van der Waals surface area contributed by atoms with Crippen molar-refractivity contribution in [3.05, 3.63) is 73.1 Å². The maximum Gasteiger partial charge on any atom is 0.276 e. The molecule has 1 saturated heterocycles. The van der Waals surface area contributed by atoms with Crippen molar-refractivity contribution in [3.63, 3.8) is 0 Å². The molecule has 1 unspecified atom stereocenters. The summed E-state index contributed by atoms with van der Waals surface area (Å²) in [5.74, 6) is -0.381. The van der Waals surface area contributed by atoms with E-state index >= 15 is 0 Å². The lowest BCUT2D eigenvalue weighted by Gasteiger charge is -2.22. The number of rotatable bonds is 8. The van der Waals surface area contributed by atoms with Crippen molar-refractivity contribution >= 4 is 17.5 Å². The highest BCUT2D eigenvalue weighted by atomic mass is 16.2. The number of benzene rings is 1. The topological polar surface area (TPSA) is 79.3 Å². The van der Waals surface area contributed by atoms with Crippen molar-refractivity contribution in [1.82, 2.24) is 20.0 Å². The third-order valence-corrected chi connectivity index (χ3v) is 4.86. The van der Waals surface area contributed by atoms with Gasteiger partial charge in [0.1, 0.15) is 0 Å². The lowest BCUT2D eigenvalue weighted by Crippen LogP contribution is -2.32. The van der Waals surface area contributed by atoms with Gasteiger partial charge in [0.15, 0.2) is 5.69 Å². The van der Waals surface area contributed by atoms with Gasteiger partial charge in [-0.3, -0.25) is 14.3 Å². The number of amides is 2. The zero-order valence-electron chi connectivity index (χ0n) is 16.5. The second-order valence-corrected chi connectivity index (χ2v) is 7.00. The van der Waals surface area contributed by atoms with Crippen LogP contribution in [0.1, 0.15) is 39.7 Å². The molecule has 2 amide bonds. The van der Waals surface area contributed by atoms with Crippen molar-refractivity contribution in [2.45, 2.75) is 18.9 Å². The van der Waals surface area contributed by atoms with Crippen LogP contribution in [0, 0.1) is 0 Å². The molecule has 1 aliphatic heterocycles. The first-order valence-corrected chi connectivity index (χ1v) is 9.80. The molecule has 0 spiro atoms. The fourth-order valence-electron chi connectivity index (χ4n) is 3.35. The number of nitrogens with zero attached hydrogens (tertiary/aromatic N) is 3. The number of hydrogen-bond acceptors (Lipinski definition) is 4. The number of anilines is 1. The minimum absolute atomic E-state index is 0.109. The molecule has 0 saturated carbocycles. The summed E-state index contributed by atoms with van der Waals surface area (Å²) in [6, 6.07) is 8.84. The molecule has 3 rings (SSSR count). The van der Waals surface area contributed by atoms with E-state index in [4.69, 9.17) is 0 Å². The highest BCUT2D eigenvalue weighted by Gasteiger charge is 2.18. The summed E-state index contributed by atoms with van der Waals surface area (Å²) in [5.41, 5.74) is 1.53. The summed E-state index contributed by atoms with van der Waals surface area (Å²) in [7, 11) is 0. The molecule has 1 atom stereocenters. The van der Waals surface area contributed by atoms with E-state index in [1.165, 1.54) is 0 Å². The van der Waals surface area contributed by atoms with Crippen LogP contribution < -0.4 is 10.6 Å². The molecule has 7 nitrogen and oxygen atoms in total. The lowest BCUT2D eigenvalue weighted by molar-refractivity contribution is 0.0790. The maximum absolute atomic E-state index is 12.6. The highest BCUT2D eigenvalue weighted by molar-refractivity contribution is 6.03. The zero-order chi connectivity index (χ0) is 20.6. The molecule has 152 valence electrons. The van der Waals surface area contributed by atoms with Crippen LogP contribution in [0.15, 0.2) is 61.8 Å². The molecule has 1 aromatic heterocycles. The Labute approximate surface area is 171 Å². The van der Waals surface area contributed by atoms with E-state index in [9.17, 15) is 9.59 Å². The van der Waals surface area contributed by atoms with Crippen molar-refractivity contribution in [2.75, 3.05) is 31.5 Å². The maximum atomic E-state index is 12.6. The molecule has 2 aromatic rings. The molecule has 1 aliphatic rings. The lowest BCUT2D eigenvalue weighted by atomic mass is 10.1. The quantitative estimate of drug-likeness (QED) is 0.676. The Balaban J connectivity index is 1.62. The van der Waals surface area contributed by atoms with Gasteiger partial charge in [-0.05, 0) is 49.7 Å². The first-order valence-electron chi connectivity index (χ1n) is 9.80. The Morgan fingerprint density at radius 3 is 2.55 bits per heavy atom. The normalized spacial score (nSPS) is 16.1. The second kappa shape index (κ2) is 9.84. The summed E-state index contributed by atoms with van der Waals surface area (Å²) in [6.45, 7) is 10.2. The Morgan fingerprint density at radius 1 is 1.21 bits per heavy atom. The average molecular weight is 393 g/mol. The van der Waals surface area contributed by atoms with Gasteiger partial charge in [-0.15, -0.1) is 13.2 Å². The zero-order valence-corrected chi connectivity index (χ0v) is 16.5. The third-order valence-electron chi connectivity index (χ3n) is 4.86. The smallest absolute Gasteiger partial charge is 0.276 e. The number of nitrogens with one attached hydrogen (secondary N) is 2. The standard InChI is InChI=1S/C22H27N5O2/c1-3-13-26(14-4-2)22(29)17-7-9-18(10-8-17)24-21(28)20-11-15-27(25-20)19-6-5-12-23-16-19/h3-4,7-11,15,19,23H,1-2,5-6,12-14,16H2,(H,24,28). The van der Waals surface area contributed by atoms with E-state index in [1.807, 2.05) is 10.9 Å². The van der Waals surface area contributed by atoms with Gasteiger partial charge in [-0.2, -0.15) is 5.10 Å². The van der Waals surface area contributed by atoms with Gasteiger partial charge in [-0.25, -0.2) is 0 Å². The molecule has 1 fully saturated rings. The van der Waals surface area contributed by atoms with Gasteiger partial charge in [0.25, 0.3) is 11.8 Å². The molecule has 1 aromatic carbocycles. The molecule has 0 bridgehead atoms. The monoisotopic (exact) mass is 393 g/mol. The van der Waals surface area contributed by atoms with Crippen LogP contribution in [0.3, 0.4) is 0 Å².